The van der Waals surface area contributed by atoms with Crippen LogP contribution < -0.4 is 56.8 Å². The first-order valence-corrected chi connectivity index (χ1v) is 26.6. The maximum absolute atomic E-state index is 10.8. The van der Waals surface area contributed by atoms with Crippen molar-refractivity contribution in [3.8, 4) is 66.8 Å². The molecule has 0 aliphatic heterocycles. The van der Waals surface area contributed by atoms with E-state index in [0.29, 0.717) is 0 Å². The third kappa shape index (κ3) is 29.8. The third-order valence-electron chi connectivity index (χ3n) is 11.6. The van der Waals surface area contributed by atoms with Crippen LogP contribution in [0.15, 0.2) is 294 Å². The van der Waals surface area contributed by atoms with E-state index >= 15 is 0 Å². The average molecular weight is 1370 g/mol. The molecule has 12 heterocycles. The fraction of sp³-hybridized carbons (Fsp3) is 0. The molecule has 95 heavy (non-hydrogen) atoms. The molecular weight excluding hydrogens is 1320 g/mol. The standard InChI is InChI=1S/6C10H8N2O2.2BF4.Cu/c6*13-11-5-1-9(2-6-11)10-3-7-12(14)8-4-10;2*2-1(3,4)5;/h6*1-8H;;;/q;;;;;;2*-1;+2. The summed E-state index contributed by atoms with van der Waals surface area (Å²) >= 11 is 0. The maximum atomic E-state index is 10.8. The molecule has 0 aromatic carbocycles. The zero-order chi connectivity index (χ0) is 68.8. The van der Waals surface area contributed by atoms with Gasteiger partial charge in [-0.2, -0.15) is 56.8 Å². The number of halogens is 8. The Kier molecular flexibility index (Phi) is 29.2. The number of nitrogens with zero attached hydrogens (tertiary/aromatic N) is 12. The Balaban J connectivity index is 0.000000235. The van der Waals surface area contributed by atoms with Gasteiger partial charge in [0, 0.05) is 146 Å². The van der Waals surface area contributed by atoms with Crippen LogP contribution in [0, 0.1) is 62.5 Å². The zero-order valence-electron chi connectivity index (χ0n) is 48.5. The van der Waals surface area contributed by atoms with Crippen LogP contribution in [0.25, 0.3) is 66.8 Å². The van der Waals surface area contributed by atoms with Crippen molar-refractivity contribution in [1.82, 2.24) is 0 Å². The molecule has 35 heteroatoms. The molecule has 0 saturated heterocycles. The Morgan fingerprint density at radius 3 is 0.232 bits per heavy atom. The molecule has 0 bridgehead atoms. The molecule has 0 aliphatic rings. The first-order valence-electron chi connectivity index (χ1n) is 26.6. The Labute approximate surface area is 544 Å². The molecule has 0 aliphatic carbocycles. The van der Waals surface area contributed by atoms with Gasteiger partial charge >= 0.3 is 31.6 Å². The van der Waals surface area contributed by atoms with Crippen molar-refractivity contribution in [2.24, 2.45) is 0 Å². The van der Waals surface area contributed by atoms with Gasteiger partial charge in [0.1, 0.15) is 0 Å². The van der Waals surface area contributed by atoms with Crippen molar-refractivity contribution in [2.45, 2.75) is 0 Å². The first-order chi connectivity index (χ1) is 44.5. The van der Waals surface area contributed by atoms with Gasteiger partial charge < -0.3 is 97.0 Å². The molecule has 493 valence electrons. The van der Waals surface area contributed by atoms with Crippen molar-refractivity contribution < 1.29 is 108 Å². The molecule has 0 amide bonds. The van der Waals surface area contributed by atoms with Gasteiger partial charge in [-0.1, -0.05) is 0 Å². The Morgan fingerprint density at radius 1 is 0.147 bits per heavy atom. The van der Waals surface area contributed by atoms with Crippen molar-refractivity contribution in [1.29, 1.82) is 0 Å². The normalized spacial score (nSPS) is 10.1. The van der Waals surface area contributed by atoms with E-state index in [9.17, 15) is 97.0 Å². The Morgan fingerprint density at radius 2 is 0.189 bits per heavy atom. The summed E-state index contributed by atoms with van der Waals surface area (Å²) in [7, 11) is -12.0. The van der Waals surface area contributed by atoms with Crippen molar-refractivity contribution in [2.75, 3.05) is 0 Å². The maximum Gasteiger partial charge on any atom is 2.00 e. The minimum Gasteiger partial charge on any atom is -0.619 e. The van der Waals surface area contributed by atoms with Gasteiger partial charge in [-0.25, -0.2) is 0 Å². The number of hydrogen-bond acceptors (Lipinski definition) is 12. The second-order valence-electron chi connectivity index (χ2n) is 18.4. The molecule has 12 aromatic heterocycles. The van der Waals surface area contributed by atoms with Crippen LogP contribution >= 0.6 is 0 Å². The summed E-state index contributed by atoms with van der Waals surface area (Å²) in [6.07, 6.45) is 34.2. The summed E-state index contributed by atoms with van der Waals surface area (Å²) in [5.41, 5.74) is 11.0. The fourth-order valence-corrected chi connectivity index (χ4v) is 7.26. The van der Waals surface area contributed by atoms with Crippen LogP contribution in [-0.2, 0) is 17.1 Å². The van der Waals surface area contributed by atoms with E-state index < -0.39 is 14.5 Å². The Bertz CT molecular complexity index is 3200. The smallest absolute Gasteiger partial charge is 0.619 e. The zero-order valence-corrected chi connectivity index (χ0v) is 49.4. The van der Waals surface area contributed by atoms with Crippen LogP contribution in [0.1, 0.15) is 0 Å². The largest absolute Gasteiger partial charge is 2.00 e. The molecular formula is C60H48B2CuF8N12O12. The molecule has 12 aromatic rings. The van der Waals surface area contributed by atoms with Crippen LogP contribution in [-0.4, -0.2) is 14.5 Å². The number of hydrogen-bond donors (Lipinski definition) is 0. The molecule has 0 spiro atoms. The predicted octanol–water partition coefficient (Wildman–Crippen LogP) is 6.32. The third-order valence-corrected chi connectivity index (χ3v) is 11.6. The van der Waals surface area contributed by atoms with Crippen molar-refractivity contribution in [3.05, 3.63) is 357 Å². The van der Waals surface area contributed by atoms with E-state index in [0.717, 1.165) is 124 Å². The summed E-state index contributed by atoms with van der Waals surface area (Å²) in [6.45, 7) is 0. The van der Waals surface area contributed by atoms with Gasteiger partial charge in [0.2, 0.25) is 0 Å². The van der Waals surface area contributed by atoms with Gasteiger partial charge in [-0.3, -0.25) is 0 Å². The van der Waals surface area contributed by atoms with Gasteiger partial charge in [0.25, 0.3) is 0 Å². The molecule has 0 atom stereocenters. The minimum atomic E-state index is -6.00. The van der Waals surface area contributed by atoms with Crippen LogP contribution in [0.4, 0.5) is 34.5 Å². The van der Waals surface area contributed by atoms with Gasteiger partial charge in [0.05, 0.1) is 0 Å². The average Bonchev–Trinajstić information content (AvgIpc) is 1.43. The summed E-state index contributed by atoms with van der Waals surface area (Å²) in [4.78, 5) is 0. The SMILES string of the molecule is F[B-](F)(F)F.F[B-](F)(F)F.[Cu+2].[O-][n+]1ccc(-c2cc[n+]([O-])cc2)cc1.[O-][n+]1ccc(-c2cc[n+]([O-])cc2)cc1.[O-][n+]1ccc(-c2cc[n+]([O-])cc2)cc1.[O-][n+]1ccc(-c2cc[n+]([O-])cc2)cc1.[O-][n+]1ccc(-c2cc[n+]([O-])cc2)cc1.[O-][n+]1ccc(-c2cc[n+]([O-])cc2)cc1. The van der Waals surface area contributed by atoms with Crippen molar-refractivity contribution in [3.63, 3.8) is 0 Å². The van der Waals surface area contributed by atoms with E-state index in [1.54, 1.807) is 146 Å². The summed E-state index contributed by atoms with van der Waals surface area (Å²) in [6, 6.07) is 40.9. The van der Waals surface area contributed by atoms with Gasteiger partial charge in [0.15, 0.2) is 149 Å². The molecule has 0 unspecified atom stereocenters. The van der Waals surface area contributed by atoms with Crippen LogP contribution in [0.3, 0.4) is 0 Å². The summed E-state index contributed by atoms with van der Waals surface area (Å²) in [5.74, 6) is 0. The van der Waals surface area contributed by atoms with Crippen molar-refractivity contribution >= 4 is 14.5 Å². The molecule has 0 saturated carbocycles. The topological polar surface area (TPSA) is 323 Å². The predicted molar refractivity (Wildman–Crippen MR) is 319 cm³/mol. The molecule has 24 nitrogen and oxygen atoms in total. The van der Waals surface area contributed by atoms with Crippen LogP contribution in [0.5, 0.6) is 0 Å². The summed E-state index contributed by atoms with van der Waals surface area (Å²) < 4.78 is 86.7. The van der Waals surface area contributed by atoms with E-state index in [1.807, 2.05) is 0 Å². The number of rotatable bonds is 6. The molecule has 0 fully saturated rings. The second-order valence-corrected chi connectivity index (χ2v) is 18.4. The van der Waals surface area contributed by atoms with E-state index in [-0.39, 0.29) is 17.1 Å². The molecule has 0 N–H and O–H groups in total. The molecule has 1 radical (unpaired) electrons. The number of aromatic nitrogens is 12. The number of pyridine rings is 12. The molecule has 12 rings (SSSR count). The van der Waals surface area contributed by atoms with Crippen LogP contribution in [0.2, 0.25) is 0 Å². The Hall–Kier alpha value is -12.5. The van der Waals surface area contributed by atoms with E-state index in [2.05, 4.69) is 0 Å². The van der Waals surface area contributed by atoms with E-state index in [1.165, 1.54) is 149 Å². The monoisotopic (exact) mass is 1370 g/mol. The summed E-state index contributed by atoms with van der Waals surface area (Å²) in [5, 5.41) is 129. The second kappa shape index (κ2) is 37.0. The minimum absolute atomic E-state index is 0. The van der Waals surface area contributed by atoms with Gasteiger partial charge in [-0.15, -0.1) is 0 Å². The van der Waals surface area contributed by atoms with Gasteiger partial charge in [-0.05, 0) is 66.8 Å². The first kappa shape index (κ1) is 75.0. The van der Waals surface area contributed by atoms with E-state index in [4.69, 9.17) is 0 Å². The fourth-order valence-electron chi connectivity index (χ4n) is 7.26. The quantitative estimate of drug-likeness (QED) is 0.0764.